The van der Waals surface area contributed by atoms with E-state index in [0.29, 0.717) is 56.9 Å². The number of benzene rings is 4. The van der Waals surface area contributed by atoms with E-state index in [-0.39, 0.29) is 33.8 Å². The van der Waals surface area contributed by atoms with Crippen molar-refractivity contribution in [2.75, 3.05) is 46.4 Å². The van der Waals surface area contributed by atoms with Gasteiger partial charge in [0.25, 0.3) is 0 Å². The summed E-state index contributed by atoms with van der Waals surface area (Å²) >= 11 is 0. The summed E-state index contributed by atoms with van der Waals surface area (Å²) in [5.41, 5.74) is 0.169. The van der Waals surface area contributed by atoms with Gasteiger partial charge in [0.15, 0.2) is 0 Å². The summed E-state index contributed by atoms with van der Waals surface area (Å²) in [4.78, 5) is 86.4. The van der Waals surface area contributed by atoms with Gasteiger partial charge in [-0.3, -0.25) is 0 Å². The highest BCUT2D eigenvalue weighted by Gasteiger charge is 2.22. The van der Waals surface area contributed by atoms with Crippen LogP contribution >= 0.6 is 0 Å². The van der Waals surface area contributed by atoms with Gasteiger partial charge in [-0.25, -0.2) is 33.6 Å². The first-order valence-electron chi connectivity index (χ1n) is 24.0. The average Bonchev–Trinajstić information content (AvgIpc) is 3.41. The minimum atomic E-state index is -1.06. The molecular formula is C56H62O17. The van der Waals surface area contributed by atoms with Crippen LogP contribution in [0.25, 0.3) is 0 Å². The maximum atomic E-state index is 13.6. The second kappa shape index (κ2) is 33.4. The van der Waals surface area contributed by atoms with Crippen LogP contribution < -0.4 is 23.7 Å². The van der Waals surface area contributed by atoms with Crippen molar-refractivity contribution < 1.29 is 80.9 Å². The van der Waals surface area contributed by atoms with Crippen molar-refractivity contribution in [2.24, 2.45) is 0 Å². The fourth-order valence-electron chi connectivity index (χ4n) is 6.44. The van der Waals surface area contributed by atoms with Crippen LogP contribution in [0.5, 0.6) is 28.7 Å². The van der Waals surface area contributed by atoms with Crippen molar-refractivity contribution >= 4 is 41.8 Å². The number of esters is 7. The van der Waals surface area contributed by atoms with Crippen LogP contribution in [0.15, 0.2) is 129 Å². The van der Waals surface area contributed by atoms with Crippen LogP contribution in [-0.4, -0.2) is 88.2 Å². The number of carbonyl (C=O) groups is 7. The molecule has 0 bridgehead atoms. The van der Waals surface area contributed by atoms with Gasteiger partial charge in [-0.15, -0.1) is 0 Å². The molecule has 0 aliphatic heterocycles. The summed E-state index contributed by atoms with van der Waals surface area (Å²) in [5, 5.41) is 0. The van der Waals surface area contributed by atoms with E-state index >= 15 is 0 Å². The van der Waals surface area contributed by atoms with Gasteiger partial charge < -0.3 is 47.4 Å². The van der Waals surface area contributed by atoms with E-state index in [1.54, 1.807) is 36.4 Å². The van der Waals surface area contributed by atoms with Crippen molar-refractivity contribution in [3.05, 3.63) is 151 Å². The number of rotatable bonds is 35. The van der Waals surface area contributed by atoms with Gasteiger partial charge in [0.05, 0.1) is 56.3 Å². The molecule has 73 heavy (non-hydrogen) atoms. The Bertz CT molecular complexity index is 2420. The van der Waals surface area contributed by atoms with Gasteiger partial charge in [0.1, 0.15) is 34.3 Å². The van der Waals surface area contributed by atoms with Gasteiger partial charge in [-0.05, 0) is 168 Å². The SMILES string of the molecule is C=CC(=O)OCCCCCCOc1ccc(C(=O)OCOC(=O)c2cc(OC(=O)c3ccc(OCCCCCCOC(=O)C=C)cc3)ccc2OC(=O)c2ccc(OCCCCCCOC(=O)C=C)cc2)cc1. The van der Waals surface area contributed by atoms with Crippen LogP contribution in [-0.2, 0) is 38.1 Å². The Hall–Kier alpha value is -8.21. The third-order valence-corrected chi connectivity index (χ3v) is 10.4. The zero-order valence-electron chi connectivity index (χ0n) is 40.9. The monoisotopic (exact) mass is 1010 g/mol. The minimum Gasteiger partial charge on any atom is -0.494 e. The maximum absolute atomic E-state index is 13.6. The van der Waals surface area contributed by atoms with Gasteiger partial charge in [0, 0.05) is 18.2 Å². The summed E-state index contributed by atoms with van der Waals surface area (Å²) in [6, 6.07) is 22.5. The van der Waals surface area contributed by atoms with E-state index in [1.807, 2.05) is 0 Å². The van der Waals surface area contributed by atoms with E-state index < -0.39 is 48.6 Å². The summed E-state index contributed by atoms with van der Waals surface area (Å²) in [5.74, 6) is -3.49. The molecular weight excluding hydrogens is 945 g/mol. The molecule has 0 radical (unpaired) electrons. The Morgan fingerprint density at radius 3 is 1.05 bits per heavy atom. The highest BCUT2D eigenvalue weighted by atomic mass is 16.7. The average molecular weight is 1010 g/mol. The molecule has 0 fully saturated rings. The number of ether oxygens (including phenoxy) is 10. The smallest absolute Gasteiger partial charge is 0.344 e. The Labute approximate surface area is 424 Å². The summed E-state index contributed by atoms with van der Waals surface area (Å²) in [6.07, 6.45) is 13.0. The molecule has 0 spiro atoms. The molecule has 388 valence electrons. The first-order chi connectivity index (χ1) is 35.5. The molecule has 17 nitrogen and oxygen atoms in total. The lowest BCUT2D eigenvalue weighted by Gasteiger charge is -2.13. The third kappa shape index (κ3) is 22.6. The van der Waals surface area contributed by atoms with E-state index in [0.717, 1.165) is 101 Å². The molecule has 0 heterocycles. The van der Waals surface area contributed by atoms with Crippen molar-refractivity contribution in [3.63, 3.8) is 0 Å². The Morgan fingerprint density at radius 2 is 0.671 bits per heavy atom. The van der Waals surface area contributed by atoms with Crippen molar-refractivity contribution in [1.29, 1.82) is 0 Å². The fourth-order valence-corrected chi connectivity index (χ4v) is 6.44. The molecule has 0 saturated carbocycles. The largest absolute Gasteiger partial charge is 0.494 e. The van der Waals surface area contributed by atoms with Gasteiger partial charge >= 0.3 is 41.8 Å². The van der Waals surface area contributed by atoms with Crippen LogP contribution in [0.1, 0.15) is 118 Å². The molecule has 0 amide bonds. The van der Waals surface area contributed by atoms with Crippen molar-refractivity contribution in [1.82, 2.24) is 0 Å². The lowest BCUT2D eigenvalue weighted by Crippen LogP contribution is -2.16. The second-order valence-electron chi connectivity index (χ2n) is 15.9. The molecule has 0 unspecified atom stereocenters. The lowest BCUT2D eigenvalue weighted by atomic mass is 10.1. The molecule has 0 N–H and O–H groups in total. The standard InChI is InChI=1S/C56H62O17/c1-4-50(57)67-36-16-10-7-13-33-64-44-25-19-41(20-26-44)53(60)70-40-71-56(63)48-39-47(72-54(61)42-21-27-45(28-22-42)65-34-14-8-11-17-37-68-51(58)5-2)31-32-49(48)73-55(62)43-23-29-46(30-24-43)66-35-15-9-12-18-38-69-52(59)6-3/h4-6,19-32,39H,1-3,7-18,33-38,40H2. The number of hydrogen-bond donors (Lipinski definition) is 0. The van der Waals surface area contributed by atoms with Gasteiger partial charge in [-0.1, -0.05) is 19.7 Å². The van der Waals surface area contributed by atoms with E-state index in [1.165, 1.54) is 48.5 Å². The predicted octanol–water partition coefficient (Wildman–Crippen LogP) is 10.1. The highest BCUT2D eigenvalue weighted by molar-refractivity contribution is 5.97. The molecule has 4 aromatic carbocycles. The molecule has 0 aromatic heterocycles. The molecule has 0 atom stereocenters. The zero-order valence-corrected chi connectivity index (χ0v) is 40.9. The Balaban J connectivity index is 1.32. The molecule has 17 heteroatoms. The van der Waals surface area contributed by atoms with Crippen LogP contribution in [0.3, 0.4) is 0 Å². The molecule has 4 rings (SSSR count). The van der Waals surface area contributed by atoms with Crippen molar-refractivity contribution in [2.45, 2.75) is 77.0 Å². The minimum absolute atomic E-state index is 0.0835. The summed E-state index contributed by atoms with van der Waals surface area (Å²) in [7, 11) is 0. The molecule has 4 aromatic rings. The fraction of sp³-hybridized carbons (Fsp3) is 0.339. The summed E-state index contributed by atoms with van der Waals surface area (Å²) < 4.78 is 54.0. The number of hydrogen-bond acceptors (Lipinski definition) is 17. The predicted molar refractivity (Wildman–Crippen MR) is 267 cm³/mol. The quantitative estimate of drug-likeness (QED) is 0.0105. The van der Waals surface area contributed by atoms with Crippen molar-refractivity contribution in [3.8, 4) is 28.7 Å². The Morgan fingerprint density at radius 1 is 0.342 bits per heavy atom. The Kier molecular flexibility index (Phi) is 26.2. The van der Waals surface area contributed by atoms with E-state index in [9.17, 15) is 33.6 Å². The first kappa shape index (κ1) is 57.4. The topological polar surface area (TPSA) is 212 Å². The van der Waals surface area contributed by atoms with Crippen LogP contribution in [0.4, 0.5) is 0 Å². The molecule has 0 aliphatic carbocycles. The number of carbonyl (C=O) groups excluding carboxylic acids is 7. The van der Waals surface area contributed by atoms with Gasteiger partial charge in [0.2, 0.25) is 6.79 Å². The normalized spacial score (nSPS) is 10.4. The number of unbranched alkanes of at least 4 members (excludes halogenated alkanes) is 9. The van der Waals surface area contributed by atoms with E-state index in [4.69, 9.17) is 47.4 Å². The van der Waals surface area contributed by atoms with Crippen LogP contribution in [0.2, 0.25) is 0 Å². The van der Waals surface area contributed by atoms with Crippen LogP contribution in [0, 0.1) is 0 Å². The third-order valence-electron chi connectivity index (χ3n) is 10.4. The maximum Gasteiger partial charge on any atom is 0.344 e. The second-order valence-corrected chi connectivity index (χ2v) is 15.9. The molecule has 0 aliphatic rings. The first-order valence-corrected chi connectivity index (χ1v) is 24.0. The summed E-state index contributed by atoms with van der Waals surface area (Å²) in [6.45, 7) is 11.6. The highest BCUT2D eigenvalue weighted by Crippen LogP contribution is 2.28. The van der Waals surface area contributed by atoms with E-state index in [2.05, 4.69) is 19.7 Å². The zero-order chi connectivity index (χ0) is 52.5. The lowest BCUT2D eigenvalue weighted by molar-refractivity contribution is -0.138. The molecule has 0 saturated heterocycles. The van der Waals surface area contributed by atoms with Gasteiger partial charge in [-0.2, -0.15) is 0 Å².